The molecule has 2 unspecified atom stereocenters. The van der Waals surface area contributed by atoms with Crippen LogP contribution in [0.5, 0.6) is 0 Å². The molecule has 1 heterocycles. The Morgan fingerprint density at radius 1 is 1.44 bits per heavy atom. The molecule has 18 heavy (non-hydrogen) atoms. The SMILES string of the molecule is CC(O)C(C)Sc1c(F)cc(N)c2cccnc12. The molecule has 0 spiro atoms. The summed E-state index contributed by atoms with van der Waals surface area (Å²) < 4.78 is 14.0. The Labute approximate surface area is 109 Å². The molecule has 0 amide bonds. The second kappa shape index (κ2) is 5.12. The summed E-state index contributed by atoms with van der Waals surface area (Å²) in [6.07, 6.45) is 1.09. The van der Waals surface area contributed by atoms with Crippen LogP contribution in [-0.4, -0.2) is 21.4 Å². The largest absolute Gasteiger partial charge is 0.398 e. The molecule has 0 saturated carbocycles. The number of nitrogens with two attached hydrogens (primary N) is 1. The van der Waals surface area contributed by atoms with Gasteiger partial charge in [0.05, 0.1) is 16.5 Å². The number of nitrogen functional groups attached to an aromatic ring is 1. The number of hydrogen-bond acceptors (Lipinski definition) is 4. The smallest absolute Gasteiger partial charge is 0.141 e. The van der Waals surface area contributed by atoms with Crippen molar-refractivity contribution in [1.29, 1.82) is 0 Å². The zero-order chi connectivity index (χ0) is 13.3. The highest BCUT2D eigenvalue weighted by molar-refractivity contribution is 8.00. The molecule has 2 atom stereocenters. The first kappa shape index (κ1) is 13.1. The third kappa shape index (κ3) is 2.42. The number of hydrogen-bond donors (Lipinski definition) is 2. The van der Waals surface area contributed by atoms with Gasteiger partial charge in [-0.1, -0.05) is 6.92 Å². The minimum absolute atomic E-state index is 0.117. The van der Waals surface area contributed by atoms with Crippen LogP contribution in [0, 0.1) is 5.82 Å². The van der Waals surface area contributed by atoms with Crippen LogP contribution >= 0.6 is 11.8 Å². The summed E-state index contributed by atoms with van der Waals surface area (Å²) in [5.41, 5.74) is 6.71. The molecule has 2 aromatic rings. The molecular weight excluding hydrogens is 251 g/mol. The molecule has 0 aliphatic heterocycles. The van der Waals surface area contributed by atoms with Crippen LogP contribution in [0.25, 0.3) is 10.9 Å². The van der Waals surface area contributed by atoms with E-state index in [0.717, 1.165) is 5.39 Å². The van der Waals surface area contributed by atoms with Crippen molar-refractivity contribution in [3.05, 3.63) is 30.2 Å². The number of aliphatic hydroxyl groups excluding tert-OH is 1. The molecule has 3 N–H and O–H groups in total. The summed E-state index contributed by atoms with van der Waals surface area (Å²) >= 11 is 1.27. The summed E-state index contributed by atoms with van der Waals surface area (Å²) in [6, 6.07) is 4.89. The van der Waals surface area contributed by atoms with E-state index in [0.29, 0.717) is 16.1 Å². The van der Waals surface area contributed by atoms with Gasteiger partial charge in [-0.2, -0.15) is 0 Å². The molecule has 0 fully saturated rings. The predicted octanol–water partition coefficient (Wildman–Crippen LogP) is 2.82. The number of pyridine rings is 1. The number of nitrogens with zero attached hydrogens (tertiary/aromatic N) is 1. The minimum atomic E-state index is -0.522. The number of thioether (sulfide) groups is 1. The molecular formula is C13H15FN2OS. The average molecular weight is 266 g/mol. The zero-order valence-electron chi connectivity index (χ0n) is 10.2. The molecule has 0 radical (unpaired) electrons. The van der Waals surface area contributed by atoms with E-state index < -0.39 is 11.9 Å². The number of halogens is 1. The predicted molar refractivity (Wildman–Crippen MR) is 73.1 cm³/mol. The van der Waals surface area contributed by atoms with Crippen LogP contribution in [0.4, 0.5) is 10.1 Å². The van der Waals surface area contributed by atoms with Gasteiger partial charge in [-0.3, -0.25) is 4.98 Å². The fourth-order valence-corrected chi connectivity index (χ4v) is 2.62. The number of aromatic nitrogens is 1. The molecule has 1 aromatic carbocycles. The molecule has 1 aromatic heterocycles. The van der Waals surface area contributed by atoms with Crippen molar-refractivity contribution < 1.29 is 9.50 Å². The van der Waals surface area contributed by atoms with Crippen molar-refractivity contribution in [2.75, 3.05) is 5.73 Å². The van der Waals surface area contributed by atoms with Crippen LogP contribution in [0.15, 0.2) is 29.3 Å². The van der Waals surface area contributed by atoms with Gasteiger partial charge in [-0.25, -0.2) is 4.39 Å². The fourth-order valence-electron chi connectivity index (χ4n) is 1.61. The van der Waals surface area contributed by atoms with Crippen LogP contribution in [0.1, 0.15) is 13.8 Å². The van der Waals surface area contributed by atoms with Crippen molar-refractivity contribution in [3.63, 3.8) is 0 Å². The number of benzene rings is 1. The van der Waals surface area contributed by atoms with Crippen molar-refractivity contribution in [2.24, 2.45) is 0 Å². The van der Waals surface area contributed by atoms with Gasteiger partial charge in [-0.15, -0.1) is 11.8 Å². The Morgan fingerprint density at radius 2 is 2.17 bits per heavy atom. The van der Waals surface area contributed by atoms with E-state index in [4.69, 9.17) is 5.73 Å². The van der Waals surface area contributed by atoms with E-state index in [1.165, 1.54) is 17.8 Å². The fraction of sp³-hybridized carbons (Fsp3) is 0.308. The van der Waals surface area contributed by atoms with Gasteiger partial charge < -0.3 is 10.8 Å². The molecule has 0 saturated heterocycles. The number of fused-ring (bicyclic) bond motifs is 1. The third-order valence-electron chi connectivity index (χ3n) is 2.82. The first-order valence-electron chi connectivity index (χ1n) is 5.68. The molecule has 0 aliphatic carbocycles. The van der Waals surface area contributed by atoms with Gasteiger partial charge in [0.25, 0.3) is 0 Å². The van der Waals surface area contributed by atoms with Crippen molar-refractivity contribution in [3.8, 4) is 0 Å². The average Bonchev–Trinajstić information content (AvgIpc) is 2.34. The Hall–Kier alpha value is -1.33. The van der Waals surface area contributed by atoms with E-state index in [2.05, 4.69) is 4.98 Å². The van der Waals surface area contributed by atoms with Gasteiger partial charge in [-0.05, 0) is 25.1 Å². The van der Waals surface area contributed by atoms with E-state index in [1.807, 2.05) is 13.0 Å². The maximum atomic E-state index is 14.0. The lowest BCUT2D eigenvalue weighted by molar-refractivity contribution is 0.196. The monoisotopic (exact) mass is 266 g/mol. The quantitative estimate of drug-likeness (QED) is 0.662. The molecule has 2 rings (SSSR count). The summed E-state index contributed by atoms with van der Waals surface area (Å²) in [5, 5.41) is 10.1. The second-order valence-electron chi connectivity index (χ2n) is 4.24. The van der Waals surface area contributed by atoms with E-state index >= 15 is 0 Å². The lowest BCUT2D eigenvalue weighted by Gasteiger charge is -2.16. The summed E-state index contributed by atoms with van der Waals surface area (Å²) in [5.74, 6) is -0.392. The maximum Gasteiger partial charge on any atom is 0.141 e. The molecule has 5 heteroatoms. The highest BCUT2D eigenvalue weighted by Crippen LogP contribution is 2.35. The Bertz CT molecular complexity index is 574. The van der Waals surface area contributed by atoms with Gasteiger partial charge in [0.1, 0.15) is 5.82 Å². The molecule has 3 nitrogen and oxygen atoms in total. The standard InChI is InChI=1S/C13H15FN2OS/c1-7(17)8(2)18-13-10(14)6-11(15)9-4-3-5-16-12(9)13/h3-8,17H,15H2,1-2H3. The molecule has 0 bridgehead atoms. The first-order valence-corrected chi connectivity index (χ1v) is 6.56. The Morgan fingerprint density at radius 3 is 2.83 bits per heavy atom. The highest BCUT2D eigenvalue weighted by Gasteiger charge is 2.17. The lowest BCUT2D eigenvalue weighted by Crippen LogP contribution is -2.15. The molecule has 96 valence electrons. The highest BCUT2D eigenvalue weighted by atomic mass is 32.2. The van der Waals surface area contributed by atoms with Crippen molar-refractivity contribution in [1.82, 2.24) is 4.98 Å². The van der Waals surface area contributed by atoms with Gasteiger partial charge >= 0.3 is 0 Å². The van der Waals surface area contributed by atoms with Gasteiger partial charge in [0.15, 0.2) is 0 Å². The summed E-state index contributed by atoms with van der Waals surface area (Å²) in [4.78, 5) is 4.63. The summed E-state index contributed by atoms with van der Waals surface area (Å²) in [6.45, 7) is 3.53. The first-order chi connectivity index (χ1) is 8.50. The van der Waals surface area contributed by atoms with Gasteiger partial charge in [0, 0.05) is 22.5 Å². The molecule has 0 aliphatic rings. The third-order valence-corrected chi connectivity index (χ3v) is 4.21. The van der Waals surface area contributed by atoms with Crippen molar-refractivity contribution >= 4 is 28.4 Å². The topological polar surface area (TPSA) is 59.1 Å². The number of anilines is 1. The van der Waals surface area contributed by atoms with E-state index in [1.54, 1.807) is 19.2 Å². The zero-order valence-corrected chi connectivity index (χ0v) is 11.0. The normalized spacial score (nSPS) is 14.7. The van der Waals surface area contributed by atoms with E-state index in [9.17, 15) is 9.50 Å². The lowest BCUT2D eigenvalue weighted by atomic mass is 10.2. The Kier molecular flexibility index (Phi) is 3.73. The van der Waals surface area contributed by atoms with Crippen LogP contribution in [0.3, 0.4) is 0 Å². The van der Waals surface area contributed by atoms with Crippen molar-refractivity contribution in [2.45, 2.75) is 30.1 Å². The maximum absolute atomic E-state index is 14.0. The number of aliphatic hydroxyl groups is 1. The Balaban J connectivity index is 2.56. The minimum Gasteiger partial charge on any atom is -0.398 e. The second-order valence-corrected chi connectivity index (χ2v) is 5.63. The van der Waals surface area contributed by atoms with Crippen LogP contribution < -0.4 is 5.73 Å². The summed E-state index contributed by atoms with van der Waals surface area (Å²) in [7, 11) is 0. The van der Waals surface area contributed by atoms with Gasteiger partial charge in [0.2, 0.25) is 0 Å². The van der Waals surface area contributed by atoms with Crippen LogP contribution in [-0.2, 0) is 0 Å². The van der Waals surface area contributed by atoms with E-state index in [-0.39, 0.29) is 5.25 Å². The van der Waals surface area contributed by atoms with Crippen LogP contribution in [0.2, 0.25) is 0 Å². The number of rotatable bonds is 3.